The van der Waals surface area contributed by atoms with Gasteiger partial charge in [0.25, 0.3) is 0 Å². The molecule has 0 radical (unpaired) electrons. The predicted octanol–water partition coefficient (Wildman–Crippen LogP) is 3.41. The Hall–Kier alpha value is -1.90. The molecule has 0 spiro atoms. The zero-order valence-corrected chi connectivity index (χ0v) is 40.9. The Bertz CT molecular complexity index is 1640. The van der Waals surface area contributed by atoms with Crippen molar-refractivity contribution in [2.75, 3.05) is 21.3 Å². The van der Waals surface area contributed by atoms with Crippen LogP contribution in [0.5, 0.6) is 0 Å². The summed E-state index contributed by atoms with van der Waals surface area (Å²) in [5.41, 5.74) is -3.38. The molecule has 1 aromatic rings. The van der Waals surface area contributed by atoms with Crippen LogP contribution in [0, 0.1) is 23.7 Å². The van der Waals surface area contributed by atoms with Crippen molar-refractivity contribution in [3.8, 4) is 0 Å². The number of hydrogen-bond acceptors (Lipinski definition) is 15. The van der Waals surface area contributed by atoms with Crippen LogP contribution in [0.1, 0.15) is 100 Å². The van der Waals surface area contributed by atoms with Gasteiger partial charge in [-0.3, -0.25) is 14.5 Å². The highest BCUT2D eigenvalue weighted by Gasteiger charge is 2.54. The van der Waals surface area contributed by atoms with E-state index in [9.17, 15) is 34.8 Å². The van der Waals surface area contributed by atoms with Gasteiger partial charge in [0.2, 0.25) is 8.32 Å². The van der Waals surface area contributed by atoms with Crippen LogP contribution in [0.15, 0.2) is 24.3 Å². The van der Waals surface area contributed by atoms with E-state index < -0.39 is 116 Å². The molecule has 15 nitrogen and oxygen atoms in total. The van der Waals surface area contributed by atoms with E-state index in [0.717, 1.165) is 10.8 Å². The summed E-state index contributed by atoms with van der Waals surface area (Å²) in [6.07, 6.45) is -9.44. The number of carbonyl (C=O) groups is 2. The molecule has 356 valence electrons. The Morgan fingerprint density at radius 1 is 0.887 bits per heavy atom. The van der Waals surface area contributed by atoms with Gasteiger partial charge in [-0.05, 0) is 91.7 Å². The number of ketones is 1. The van der Waals surface area contributed by atoms with E-state index in [2.05, 4.69) is 4.90 Å². The zero-order valence-electron chi connectivity index (χ0n) is 39.9. The number of rotatable bonds is 11. The van der Waals surface area contributed by atoms with Crippen molar-refractivity contribution in [1.29, 1.82) is 0 Å². The molecule has 0 saturated carbocycles. The van der Waals surface area contributed by atoms with E-state index in [1.54, 1.807) is 48.5 Å². The highest BCUT2D eigenvalue weighted by Crippen LogP contribution is 2.42. The molecule has 4 rings (SSSR count). The van der Waals surface area contributed by atoms with Crippen LogP contribution in [0.4, 0.5) is 0 Å². The quantitative estimate of drug-likeness (QED) is 0.160. The van der Waals surface area contributed by atoms with Gasteiger partial charge >= 0.3 is 5.97 Å². The van der Waals surface area contributed by atoms with Crippen molar-refractivity contribution >= 4 is 25.3 Å². The maximum Gasteiger partial charge on any atom is 0.311 e. The first kappa shape index (κ1) is 52.7. The number of hydrogen-bond donors (Lipinski definition) is 5. The summed E-state index contributed by atoms with van der Waals surface area (Å²) in [6, 6.07) is 7.45. The molecule has 18 atom stereocenters. The number of likely N-dealkylation sites (N-methyl/N-ethyl adjacent to an activating group) is 1. The third-order valence-corrected chi connectivity index (χ3v) is 16.0. The fraction of sp³-hybridized carbons (Fsp3) is 0.826. The van der Waals surface area contributed by atoms with Gasteiger partial charge in [0, 0.05) is 51.0 Å². The summed E-state index contributed by atoms with van der Waals surface area (Å²) in [6.45, 7) is 21.3. The fourth-order valence-corrected chi connectivity index (χ4v) is 11.0. The number of aliphatic hydroxyl groups is 4. The number of ether oxygens (including phenoxy) is 7. The molecule has 0 aliphatic carbocycles. The molecular weight excluding hydrogens is 819 g/mol. The summed E-state index contributed by atoms with van der Waals surface area (Å²) >= 11 is 0. The van der Waals surface area contributed by atoms with Gasteiger partial charge in [0.05, 0.1) is 47.6 Å². The first-order valence-corrected chi connectivity index (χ1v) is 25.3. The molecule has 3 saturated heterocycles. The Morgan fingerprint density at radius 2 is 1.52 bits per heavy atom. The van der Waals surface area contributed by atoms with Crippen LogP contribution in [-0.4, -0.2) is 156 Å². The van der Waals surface area contributed by atoms with Crippen molar-refractivity contribution < 1.29 is 68.0 Å². The van der Waals surface area contributed by atoms with Gasteiger partial charge in [-0.25, -0.2) is 0 Å². The van der Waals surface area contributed by atoms with Gasteiger partial charge in [-0.1, -0.05) is 52.0 Å². The molecule has 62 heavy (non-hydrogen) atoms. The van der Waals surface area contributed by atoms with Crippen LogP contribution in [0.25, 0.3) is 0 Å². The van der Waals surface area contributed by atoms with E-state index in [0.29, 0.717) is 13.0 Å². The first-order chi connectivity index (χ1) is 28.6. The molecular formula is C46H79NO14Si. The summed E-state index contributed by atoms with van der Waals surface area (Å²) in [5.74, 6) is -4.67. The van der Waals surface area contributed by atoms with E-state index in [1.807, 2.05) is 58.3 Å². The van der Waals surface area contributed by atoms with Crippen LogP contribution < -0.4 is 5.19 Å². The molecule has 3 fully saturated rings. The van der Waals surface area contributed by atoms with E-state index in [4.69, 9.17) is 33.2 Å². The minimum absolute atomic E-state index is 0.0761. The second-order valence-electron chi connectivity index (χ2n) is 19.8. The lowest BCUT2D eigenvalue weighted by molar-refractivity contribution is -0.319. The summed E-state index contributed by atoms with van der Waals surface area (Å²) in [5, 5.41) is 47.5. The number of esters is 1. The number of benzene rings is 1. The average Bonchev–Trinajstić information content (AvgIpc) is 3.21. The SMILES string of the molecule is CC[C@@H]1OC(=O)[C@H](C)[C@@H](O[C@H]2C[C@](C)(OC)[C@@H](O)[C@H](C)O2)[C@H](C)[C@@H](O[C@@H]2O[C@H](C)C[C@H](N(C)Cc3cccc([Si](C)(C)O)c3)[C@H]2O)[C@](C)(OC)C[C@@H](C)C(=O)[C@@H](C)[C@@H](O)[C@]1(C)O. The number of nitrogens with zero attached hydrogens (tertiary/aromatic N) is 1. The van der Waals surface area contributed by atoms with Crippen molar-refractivity contribution in [3.05, 3.63) is 29.8 Å². The Balaban J connectivity index is 1.82. The number of carbonyl (C=O) groups excluding carboxylic acids is 2. The van der Waals surface area contributed by atoms with E-state index in [-0.39, 0.29) is 31.1 Å². The highest BCUT2D eigenvalue weighted by molar-refractivity contribution is 6.83. The Labute approximate surface area is 370 Å². The molecule has 0 aromatic heterocycles. The summed E-state index contributed by atoms with van der Waals surface area (Å²) < 4.78 is 44.6. The van der Waals surface area contributed by atoms with Crippen molar-refractivity contribution in [2.24, 2.45) is 23.7 Å². The summed E-state index contributed by atoms with van der Waals surface area (Å²) in [7, 11) is 2.37. The Morgan fingerprint density at radius 3 is 2.10 bits per heavy atom. The molecule has 0 amide bonds. The van der Waals surface area contributed by atoms with Gasteiger partial charge in [0.1, 0.15) is 29.7 Å². The largest absolute Gasteiger partial charge is 0.459 e. The van der Waals surface area contributed by atoms with Crippen molar-refractivity contribution in [1.82, 2.24) is 4.90 Å². The maximum absolute atomic E-state index is 14.4. The number of methoxy groups -OCH3 is 2. The van der Waals surface area contributed by atoms with Gasteiger partial charge in [0.15, 0.2) is 12.6 Å². The average molecular weight is 898 g/mol. The van der Waals surface area contributed by atoms with Crippen LogP contribution in [-0.2, 0) is 49.3 Å². The smallest absolute Gasteiger partial charge is 0.311 e. The lowest BCUT2D eigenvalue weighted by Gasteiger charge is -2.50. The van der Waals surface area contributed by atoms with Crippen LogP contribution >= 0.6 is 0 Å². The third-order valence-electron chi connectivity index (χ3n) is 14.2. The zero-order chi connectivity index (χ0) is 46.9. The lowest BCUT2D eigenvalue weighted by Crippen LogP contribution is -2.61. The van der Waals surface area contributed by atoms with Gasteiger partial charge in [-0.2, -0.15) is 0 Å². The molecule has 0 unspecified atom stereocenters. The second kappa shape index (κ2) is 20.7. The third kappa shape index (κ3) is 11.5. The van der Waals surface area contributed by atoms with Crippen LogP contribution in [0.2, 0.25) is 13.1 Å². The fourth-order valence-electron chi connectivity index (χ4n) is 9.96. The van der Waals surface area contributed by atoms with Crippen molar-refractivity contribution in [2.45, 2.75) is 199 Å². The summed E-state index contributed by atoms with van der Waals surface area (Å²) in [4.78, 5) is 41.4. The van der Waals surface area contributed by atoms with Gasteiger partial charge < -0.3 is 58.4 Å². The Kier molecular flexibility index (Phi) is 17.6. The monoisotopic (exact) mass is 898 g/mol. The molecule has 16 heteroatoms. The second-order valence-corrected chi connectivity index (χ2v) is 23.5. The standard InChI is InChI=1S/C46H79NO14Si/c1-16-34-46(10,53)39(50)27(4)36(48)25(2)22-45(9,56-13)41(28(5)38(29(6)42(52)59-34)60-35-23-44(8,55-12)40(51)30(7)58-35)61-43-37(49)33(20-26(3)57-43)47(11)24-31-18-17-19-32(21-31)62(14,15)54/h17-19,21,25-30,33-35,37-41,43,49-51,53-54H,16,20,22-24H2,1-15H3/t25-,26-,27-,28+,29-,30+,33+,34+,35+,37-,38+,39-,40+,41-,43+,44+,45-,46-/m1/s1. The molecule has 3 aliphatic rings. The lowest BCUT2D eigenvalue weighted by atomic mass is 9.74. The van der Waals surface area contributed by atoms with E-state index in [1.165, 1.54) is 21.1 Å². The topological polar surface area (TPSA) is 203 Å². The first-order valence-electron chi connectivity index (χ1n) is 22.4. The molecule has 1 aromatic carbocycles. The molecule has 5 N–H and O–H groups in total. The minimum atomic E-state index is -2.57. The molecule has 0 bridgehead atoms. The number of Topliss-reactive ketones (excluding diaryl/α,β-unsaturated/α-hetero) is 1. The van der Waals surface area contributed by atoms with Gasteiger partial charge in [-0.15, -0.1) is 0 Å². The number of cyclic esters (lactones) is 1. The number of aliphatic hydroxyl groups excluding tert-OH is 3. The predicted molar refractivity (Wildman–Crippen MR) is 235 cm³/mol. The molecule has 3 heterocycles. The van der Waals surface area contributed by atoms with Crippen LogP contribution in [0.3, 0.4) is 0 Å². The van der Waals surface area contributed by atoms with E-state index >= 15 is 0 Å². The minimum Gasteiger partial charge on any atom is -0.459 e. The maximum atomic E-state index is 14.4. The molecule has 3 aliphatic heterocycles. The highest BCUT2D eigenvalue weighted by atomic mass is 28.4. The normalized spacial score (nSPS) is 43.3. The van der Waals surface area contributed by atoms with Crippen molar-refractivity contribution in [3.63, 3.8) is 0 Å².